The van der Waals surface area contributed by atoms with E-state index in [0.717, 1.165) is 44.9 Å². The van der Waals surface area contributed by atoms with Gasteiger partial charge in [-0.3, -0.25) is 4.98 Å². The summed E-state index contributed by atoms with van der Waals surface area (Å²) in [6, 6.07) is 11.7. The summed E-state index contributed by atoms with van der Waals surface area (Å²) in [5.74, 6) is 1.55. The van der Waals surface area contributed by atoms with Gasteiger partial charge in [0, 0.05) is 30.6 Å². The van der Waals surface area contributed by atoms with Crippen molar-refractivity contribution in [1.29, 1.82) is 0 Å². The zero-order chi connectivity index (χ0) is 22.8. The van der Waals surface area contributed by atoms with Crippen LogP contribution in [0.15, 0.2) is 53.6 Å². The number of rotatable bonds is 6. The first-order valence-electron chi connectivity index (χ1n) is 10.2. The fourth-order valence-corrected chi connectivity index (χ4v) is 3.69. The lowest BCUT2D eigenvalue weighted by atomic mass is 9.98. The molecule has 4 aromatic rings. The van der Waals surface area contributed by atoms with Gasteiger partial charge >= 0.3 is 5.69 Å². The van der Waals surface area contributed by atoms with E-state index in [2.05, 4.69) is 21.5 Å². The molecule has 0 radical (unpaired) electrons. The lowest BCUT2D eigenvalue weighted by Gasteiger charge is -2.17. The van der Waals surface area contributed by atoms with Gasteiger partial charge < -0.3 is 9.47 Å². The number of hydrogen-bond acceptors (Lipinski definition) is 6. The molecular weight excluding hydrogens is 406 g/mol. The number of pyridine rings is 1. The highest BCUT2D eigenvalue weighted by molar-refractivity contribution is 5.74. The van der Waals surface area contributed by atoms with Gasteiger partial charge in [-0.05, 0) is 77.7 Å². The molecule has 0 aliphatic carbocycles. The summed E-state index contributed by atoms with van der Waals surface area (Å²) >= 11 is 0. The molecule has 0 unspecified atom stereocenters. The first-order chi connectivity index (χ1) is 15.4. The maximum Gasteiger partial charge on any atom is 0.368 e. The zero-order valence-corrected chi connectivity index (χ0v) is 18.8. The third-order valence-corrected chi connectivity index (χ3v) is 5.52. The second-order valence-electron chi connectivity index (χ2n) is 7.67. The number of hydrogen-bond donors (Lipinski definition) is 0. The van der Waals surface area contributed by atoms with Gasteiger partial charge in [0.05, 0.1) is 12.8 Å². The summed E-state index contributed by atoms with van der Waals surface area (Å²) in [6.45, 7) is 6.32. The Hall–Kier alpha value is -3.94. The van der Waals surface area contributed by atoms with Crippen molar-refractivity contribution >= 4 is 0 Å². The van der Waals surface area contributed by atoms with Gasteiger partial charge in [-0.1, -0.05) is 12.1 Å². The van der Waals surface area contributed by atoms with Gasteiger partial charge in [0.25, 0.3) is 0 Å². The highest BCUT2D eigenvalue weighted by Crippen LogP contribution is 2.35. The van der Waals surface area contributed by atoms with Gasteiger partial charge in [-0.2, -0.15) is 9.36 Å². The molecule has 0 aliphatic heterocycles. The molecule has 32 heavy (non-hydrogen) atoms. The number of nitrogens with zero attached hydrogens (tertiary/aromatic N) is 5. The third-order valence-electron chi connectivity index (χ3n) is 5.52. The average molecular weight is 431 g/mol. The summed E-state index contributed by atoms with van der Waals surface area (Å²) < 4.78 is 14.2. The molecular formula is C24H25N5O3. The van der Waals surface area contributed by atoms with E-state index in [-0.39, 0.29) is 5.69 Å². The first kappa shape index (κ1) is 21.3. The fourth-order valence-electron chi connectivity index (χ4n) is 3.69. The normalized spacial score (nSPS) is 10.9. The Bertz CT molecular complexity index is 1340. The SMILES string of the molecule is COc1ccncc1-c1cc(C)c(OCc2c(C)cccc2-n2nnn(C)c2=O)cc1C. The molecule has 4 rings (SSSR count). The Morgan fingerprint density at radius 3 is 2.47 bits per heavy atom. The standard InChI is InChI=1S/C24H25N5O3/c1-15-7-6-8-21(29-24(30)28(4)26-27-29)20(15)14-32-23-12-16(2)18(11-17(23)3)19-13-25-10-9-22(19)31-5/h6-13H,14H2,1-5H3. The number of ether oxygens (including phenoxy) is 2. The van der Waals surface area contributed by atoms with Crippen LogP contribution in [-0.2, 0) is 13.7 Å². The van der Waals surface area contributed by atoms with E-state index < -0.39 is 0 Å². The monoisotopic (exact) mass is 431 g/mol. The molecule has 0 saturated carbocycles. The smallest absolute Gasteiger partial charge is 0.368 e. The summed E-state index contributed by atoms with van der Waals surface area (Å²) in [6.07, 6.45) is 3.52. The highest BCUT2D eigenvalue weighted by atomic mass is 16.5. The number of benzene rings is 2. The van der Waals surface area contributed by atoms with Crippen LogP contribution in [0.3, 0.4) is 0 Å². The van der Waals surface area contributed by atoms with Crippen molar-refractivity contribution in [3.63, 3.8) is 0 Å². The molecule has 0 atom stereocenters. The molecule has 0 bridgehead atoms. The lowest BCUT2D eigenvalue weighted by Crippen LogP contribution is -2.23. The van der Waals surface area contributed by atoms with Crippen LogP contribution in [0.5, 0.6) is 11.5 Å². The highest BCUT2D eigenvalue weighted by Gasteiger charge is 2.16. The maximum atomic E-state index is 12.4. The average Bonchev–Trinajstić information content (AvgIpc) is 3.12. The Morgan fingerprint density at radius 1 is 0.938 bits per heavy atom. The molecule has 2 aromatic heterocycles. The molecule has 2 heterocycles. The molecule has 8 heteroatoms. The van der Waals surface area contributed by atoms with E-state index in [1.807, 2.05) is 51.1 Å². The Kier molecular flexibility index (Phi) is 5.77. The third kappa shape index (κ3) is 3.87. The largest absolute Gasteiger partial charge is 0.496 e. The minimum atomic E-state index is -0.307. The quantitative estimate of drug-likeness (QED) is 0.464. The van der Waals surface area contributed by atoms with Gasteiger partial charge in [-0.15, -0.1) is 0 Å². The summed E-state index contributed by atoms with van der Waals surface area (Å²) in [5, 5.41) is 7.80. The molecule has 164 valence electrons. The van der Waals surface area contributed by atoms with Crippen LogP contribution in [0.1, 0.15) is 22.3 Å². The molecule has 0 fully saturated rings. The number of tetrazole rings is 1. The Balaban J connectivity index is 1.67. The fraction of sp³-hybridized carbons (Fsp3) is 0.250. The van der Waals surface area contributed by atoms with E-state index in [4.69, 9.17) is 9.47 Å². The van der Waals surface area contributed by atoms with Crippen LogP contribution in [0.2, 0.25) is 0 Å². The topological polar surface area (TPSA) is 84.1 Å². The molecule has 0 saturated heterocycles. The van der Waals surface area contributed by atoms with Crippen LogP contribution in [0.25, 0.3) is 16.8 Å². The maximum absolute atomic E-state index is 12.4. The van der Waals surface area contributed by atoms with Gasteiger partial charge in [0.1, 0.15) is 18.1 Å². The molecule has 0 amide bonds. The zero-order valence-electron chi connectivity index (χ0n) is 18.8. The summed E-state index contributed by atoms with van der Waals surface area (Å²) in [5.41, 5.74) is 6.26. The van der Waals surface area contributed by atoms with E-state index in [1.165, 1.54) is 9.36 Å². The number of methoxy groups -OCH3 is 1. The Morgan fingerprint density at radius 2 is 1.75 bits per heavy atom. The molecule has 0 N–H and O–H groups in total. The predicted molar refractivity (Wildman–Crippen MR) is 121 cm³/mol. The molecule has 0 spiro atoms. The van der Waals surface area contributed by atoms with E-state index in [1.54, 1.807) is 26.6 Å². The van der Waals surface area contributed by atoms with Crippen LogP contribution < -0.4 is 15.2 Å². The second-order valence-corrected chi connectivity index (χ2v) is 7.67. The van der Waals surface area contributed by atoms with Crippen molar-refractivity contribution in [3.8, 4) is 28.3 Å². The van der Waals surface area contributed by atoms with Crippen LogP contribution >= 0.6 is 0 Å². The van der Waals surface area contributed by atoms with E-state index in [9.17, 15) is 4.79 Å². The molecule has 2 aromatic carbocycles. The minimum absolute atomic E-state index is 0.293. The van der Waals surface area contributed by atoms with Crippen molar-refractivity contribution < 1.29 is 9.47 Å². The number of aryl methyl sites for hydroxylation is 4. The van der Waals surface area contributed by atoms with Crippen LogP contribution in [0, 0.1) is 20.8 Å². The van der Waals surface area contributed by atoms with E-state index >= 15 is 0 Å². The van der Waals surface area contributed by atoms with Gasteiger partial charge in [-0.25, -0.2) is 4.79 Å². The lowest BCUT2D eigenvalue weighted by molar-refractivity contribution is 0.302. The van der Waals surface area contributed by atoms with Gasteiger partial charge in [0.15, 0.2) is 0 Å². The minimum Gasteiger partial charge on any atom is -0.496 e. The van der Waals surface area contributed by atoms with Crippen LogP contribution in [0.4, 0.5) is 0 Å². The summed E-state index contributed by atoms with van der Waals surface area (Å²) in [4.78, 5) is 16.6. The van der Waals surface area contributed by atoms with Crippen molar-refractivity contribution in [2.45, 2.75) is 27.4 Å². The second kappa shape index (κ2) is 8.66. The number of aromatic nitrogens is 5. The Labute approximate surface area is 186 Å². The summed E-state index contributed by atoms with van der Waals surface area (Å²) in [7, 11) is 3.23. The molecule has 0 aliphatic rings. The molecule has 8 nitrogen and oxygen atoms in total. The first-order valence-corrected chi connectivity index (χ1v) is 10.2. The van der Waals surface area contributed by atoms with Crippen molar-refractivity contribution in [2.24, 2.45) is 7.05 Å². The van der Waals surface area contributed by atoms with Gasteiger partial charge in [0.2, 0.25) is 0 Å². The van der Waals surface area contributed by atoms with E-state index in [0.29, 0.717) is 12.3 Å². The van der Waals surface area contributed by atoms with Crippen molar-refractivity contribution in [2.75, 3.05) is 7.11 Å². The van der Waals surface area contributed by atoms with Crippen LogP contribution in [-0.4, -0.2) is 31.9 Å². The van der Waals surface area contributed by atoms with Crippen molar-refractivity contribution in [3.05, 3.63) is 81.5 Å². The predicted octanol–water partition coefficient (Wildman–Crippen LogP) is 3.54. The van der Waals surface area contributed by atoms with Crippen molar-refractivity contribution in [1.82, 2.24) is 24.8 Å².